The van der Waals surface area contributed by atoms with Crippen LogP contribution in [0.25, 0.3) is 22.0 Å². The van der Waals surface area contributed by atoms with Gasteiger partial charge in [0.05, 0.1) is 23.3 Å². The molecule has 0 aliphatic carbocycles. The van der Waals surface area contributed by atoms with Gasteiger partial charge >= 0.3 is 11.9 Å². The zero-order valence-corrected chi connectivity index (χ0v) is 18.1. The standard InChI is InChI=1S/C27H23NO5/c1-2-22-21(25(27(32)33)24-18(15-29)6-5-9-23(24)28-22)14-16-10-12-17(13-11-16)19-7-3-4-8-20(19)26(30)31/h3-13,29H,2,14-15H2,1H3,(H,30,31)(H,32,33). The van der Waals surface area contributed by atoms with E-state index in [2.05, 4.69) is 0 Å². The first-order valence-corrected chi connectivity index (χ1v) is 10.6. The molecule has 166 valence electrons. The van der Waals surface area contributed by atoms with Gasteiger partial charge in [-0.1, -0.05) is 61.5 Å². The first kappa shape index (κ1) is 22.2. The lowest BCUT2D eigenvalue weighted by molar-refractivity contribution is 0.0686. The van der Waals surface area contributed by atoms with Crippen LogP contribution in [0.15, 0.2) is 66.7 Å². The number of carboxylic acid groups (broad SMARTS) is 2. The highest BCUT2D eigenvalue weighted by molar-refractivity contribution is 6.05. The van der Waals surface area contributed by atoms with Crippen LogP contribution in [0.4, 0.5) is 0 Å². The number of carboxylic acids is 2. The third-order valence-corrected chi connectivity index (χ3v) is 5.81. The molecule has 6 nitrogen and oxygen atoms in total. The maximum Gasteiger partial charge on any atom is 0.336 e. The van der Waals surface area contributed by atoms with E-state index < -0.39 is 11.9 Å². The van der Waals surface area contributed by atoms with Gasteiger partial charge in [-0.25, -0.2) is 9.59 Å². The number of carbonyl (C=O) groups is 2. The van der Waals surface area contributed by atoms with Crippen LogP contribution in [0.2, 0.25) is 0 Å². The van der Waals surface area contributed by atoms with Gasteiger partial charge < -0.3 is 15.3 Å². The second-order valence-corrected chi connectivity index (χ2v) is 7.76. The lowest BCUT2D eigenvalue weighted by Gasteiger charge is -2.16. The number of pyridine rings is 1. The van der Waals surface area contributed by atoms with E-state index in [1.54, 1.807) is 42.5 Å². The molecule has 0 bridgehead atoms. The van der Waals surface area contributed by atoms with Crippen molar-refractivity contribution in [3.05, 3.63) is 100 Å². The molecule has 0 saturated heterocycles. The van der Waals surface area contributed by atoms with Crippen molar-refractivity contribution in [3.63, 3.8) is 0 Å². The number of aliphatic hydroxyl groups is 1. The quantitative estimate of drug-likeness (QED) is 0.375. The fourth-order valence-corrected chi connectivity index (χ4v) is 4.25. The van der Waals surface area contributed by atoms with Crippen LogP contribution >= 0.6 is 0 Å². The topological polar surface area (TPSA) is 108 Å². The van der Waals surface area contributed by atoms with Crippen molar-refractivity contribution in [3.8, 4) is 11.1 Å². The molecule has 4 rings (SSSR count). The number of hydrogen-bond acceptors (Lipinski definition) is 4. The second-order valence-electron chi connectivity index (χ2n) is 7.76. The van der Waals surface area contributed by atoms with Crippen LogP contribution in [0.5, 0.6) is 0 Å². The van der Waals surface area contributed by atoms with Crippen molar-refractivity contribution in [2.45, 2.75) is 26.4 Å². The van der Waals surface area contributed by atoms with Crippen LogP contribution < -0.4 is 0 Å². The highest BCUT2D eigenvalue weighted by Gasteiger charge is 2.22. The molecule has 0 saturated carbocycles. The minimum Gasteiger partial charge on any atom is -0.478 e. The molecule has 0 aliphatic rings. The highest BCUT2D eigenvalue weighted by Crippen LogP contribution is 2.30. The number of aromatic carboxylic acids is 2. The summed E-state index contributed by atoms with van der Waals surface area (Å²) in [6.07, 6.45) is 0.924. The van der Waals surface area contributed by atoms with Gasteiger partial charge in [-0.2, -0.15) is 0 Å². The number of hydrogen-bond donors (Lipinski definition) is 3. The predicted molar refractivity (Wildman–Crippen MR) is 126 cm³/mol. The Bertz CT molecular complexity index is 1360. The maximum absolute atomic E-state index is 12.3. The number of aromatic nitrogens is 1. The second kappa shape index (κ2) is 9.22. The molecule has 0 aliphatic heterocycles. The van der Waals surface area contributed by atoms with E-state index in [0.717, 1.165) is 11.1 Å². The Labute approximate surface area is 190 Å². The number of aliphatic hydroxyl groups excluding tert-OH is 1. The normalized spacial score (nSPS) is 11.0. The average Bonchev–Trinajstić information content (AvgIpc) is 2.83. The Kier molecular flexibility index (Phi) is 6.20. The fourth-order valence-electron chi connectivity index (χ4n) is 4.25. The van der Waals surface area contributed by atoms with E-state index in [-0.39, 0.29) is 17.7 Å². The minimum atomic E-state index is -1.06. The monoisotopic (exact) mass is 441 g/mol. The van der Waals surface area contributed by atoms with Gasteiger partial charge in [-0.3, -0.25) is 4.98 Å². The predicted octanol–water partition coefficient (Wildman–Crippen LogP) is 4.94. The molecule has 1 aromatic heterocycles. The average molecular weight is 441 g/mol. The van der Waals surface area contributed by atoms with Gasteiger partial charge in [-0.15, -0.1) is 0 Å². The molecule has 0 spiro atoms. The molecule has 33 heavy (non-hydrogen) atoms. The van der Waals surface area contributed by atoms with Crippen LogP contribution in [0.1, 0.15) is 50.0 Å². The van der Waals surface area contributed by atoms with Gasteiger partial charge in [0.25, 0.3) is 0 Å². The molecule has 0 amide bonds. The molecule has 6 heteroatoms. The minimum absolute atomic E-state index is 0.168. The van der Waals surface area contributed by atoms with E-state index in [9.17, 15) is 24.9 Å². The zero-order chi connectivity index (χ0) is 23.5. The van der Waals surface area contributed by atoms with E-state index in [1.807, 2.05) is 31.2 Å². The number of rotatable bonds is 7. The summed E-state index contributed by atoms with van der Waals surface area (Å²) < 4.78 is 0. The summed E-state index contributed by atoms with van der Waals surface area (Å²) in [4.78, 5) is 28.6. The van der Waals surface area contributed by atoms with Gasteiger partial charge in [0.15, 0.2) is 0 Å². The van der Waals surface area contributed by atoms with Crippen molar-refractivity contribution < 1.29 is 24.9 Å². The van der Waals surface area contributed by atoms with Crippen molar-refractivity contribution >= 4 is 22.8 Å². The van der Waals surface area contributed by atoms with E-state index in [1.165, 1.54) is 0 Å². The molecule has 3 aromatic carbocycles. The lowest BCUT2D eigenvalue weighted by Crippen LogP contribution is -2.11. The van der Waals surface area contributed by atoms with Gasteiger partial charge in [0.1, 0.15) is 0 Å². The SMILES string of the molecule is CCc1nc2cccc(CO)c2c(C(=O)O)c1Cc1ccc(-c2ccccc2C(=O)O)cc1. The Morgan fingerprint density at radius 1 is 0.879 bits per heavy atom. The lowest BCUT2D eigenvalue weighted by atomic mass is 9.91. The molecule has 0 radical (unpaired) electrons. The maximum atomic E-state index is 12.3. The van der Waals surface area contributed by atoms with E-state index in [4.69, 9.17) is 4.98 Å². The summed E-state index contributed by atoms with van der Waals surface area (Å²) in [6.45, 7) is 1.66. The van der Waals surface area contributed by atoms with Crippen LogP contribution in [-0.4, -0.2) is 32.2 Å². The smallest absolute Gasteiger partial charge is 0.336 e. The number of nitrogens with zero attached hydrogens (tertiary/aromatic N) is 1. The Balaban J connectivity index is 1.80. The number of benzene rings is 3. The summed E-state index contributed by atoms with van der Waals surface area (Å²) in [7, 11) is 0. The van der Waals surface area contributed by atoms with Crippen molar-refractivity contribution in [2.75, 3.05) is 0 Å². The summed E-state index contributed by atoms with van der Waals surface area (Å²) >= 11 is 0. The Morgan fingerprint density at radius 3 is 2.24 bits per heavy atom. The third kappa shape index (κ3) is 4.21. The van der Waals surface area contributed by atoms with E-state index in [0.29, 0.717) is 46.1 Å². The van der Waals surface area contributed by atoms with Crippen molar-refractivity contribution in [2.24, 2.45) is 0 Å². The molecule has 1 heterocycles. The number of fused-ring (bicyclic) bond motifs is 1. The summed E-state index contributed by atoms with van der Waals surface area (Å²) in [5, 5.41) is 29.8. The fraction of sp³-hybridized carbons (Fsp3) is 0.148. The van der Waals surface area contributed by atoms with Crippen LogP contribution in [0.3, 0.4) is 0 Å². The molecule has 4 aromatic rings. The van der Waals surface area contributed by atoms with Gasteiger partial charge in [-0.05, 0) is 46.4 Å². The summed E-state index contributed by atoms with van der Waals surface area (Å²) in [5.74, 6) is -2.05. The zero-order valence-electron chi connectivity index (χ0n) is 18.1. The molecule has 0 fully saturated rings. The van der Waals surface area contributed by atoms with Gasteiger partial charge in [0.2, 0.25) is 0 Å². The first-order chi connectivity index (χ1) is 15.9. The molecule has 3 N–H and O–H groups in total. The van der Waals surface area contributed by atoms with Crippen LogP contribution in [0, 0.1) is 0 Å². The van der Waals surface area contributed by atoms with E-state index >= 15 is 0 Å². The van der Waals surface area contributed by atoms with Crippen LogP contribution in [-0.2, 0) is 19.4 Å². The van der Waals surface area contributed by atoms with Gasteiger partial charge in [0, 0.05) is 17.5 Å². The molecule has 0 unspecified atom stereocenters. The molecular weight excluding hydrogens is 418 g/mol. The highest BCUT2D eigenvalue weighted by atomic mass is 16.4. The third-order valence-electron chi connectivity index (χ3n) is 5.81. The Morgan fingerprint density at radius 2 is 1.61 bits per heavy atom. The Hall–Kier alpha value is -4.03. The largest absolute Gasteiger partial charge is 0.478 e. The number of aryl methyl sites for hydroxylation is 1. The van der Waals surface area contributed by atoms with Crippen molar-refractivity contribution in [1.82, 2.24) is 4.98 Å². The molecular formula is C27H23NO5. The molecule has 0 atom stereocenters. The van der Waals surface area contributed by atoms with Crippen molar-refractivity contribution in [1.29, 1.82) is 0 Å². The summed E-state index contributed by atoms with van der Waals surface area (Å²) in [6, 6.07) is 19.5. The summed E-state index contributed by atoms with van der Waals surface area (Å²) in [5.41, 5.74) is 5.08. The first-order valence-electron chi connectivity index (χ1n) is 10.6.